The molecule has 4 rings (SSSR count). The van der Waals surface area contributed by atoms with E-state index in [1.165, 1.54) is 17.5 Å². The summed E-state index contributed by atoms with van der Waals surface area (Å²) in [5, 5.41) is 2.93. The van der Waals surface area contributed by atoms with Crippen LogP contribution in [0.25, 0.3) is 0 Å². The summed E-state index contributed by atoms with van der Waals surface area (Å²) in [7, 11) is -3.53. The first-order valence-corrected chi connectivity index (χ1v) is 11.9. The predicted molar refractivity (Wildman–Crippen MR) is 115 cm³/mol. The average Bonchev–Trinajstić information content (AvgIpc) is 2.75. The van der Waals surface area contributed by atoms with Gasteiger partial charge in [0.05, 0.1) is 4.90 Å². The van der Waals surface area contributed by atoms with E-state index in [1.807, 2.05) is 25.1 Å². The molecule has 0 bridgehead atoms. The molecule has 1 N–H and O–H groups in total. The molecule has 2 aliphatic rings. The van der Waals surface area contributed by atoms with Crippen molar-refractivity contribution < 1.29 is 13.2 Å². The van der Waals surface area contributed by atoms with E-state index < -0.39 is 10.0 Å². The number of piperidine rings is 1. The fourth-order valence-electron chi connectivity index (χ4n) is 4.22. The van der Waals surface area contributed by atoms with Gasteiger partial charge in [0.1, 0.15) is 0 Å². The molecule has 0 unspecified atom stereocenters. The van der Waals surface area contributed by atoms with Gasteiger partial charge in [-0.1, -0.05) is 18.6 Å². The molecule has 0 saturated carbocycles. The second kappa shape index (κ2) is 8.28. The van der Waals surface area contributed by atoms with Crippen molar-refractivity contribution in [2.75, 3.05) is 18.4 Å². The average molecular weight is 413 g/mol. The third-order valence-corrected chi connectivity index (χ3v) is 7.92. The van der Waals surface area contributed by atoms with Crippen molar-refractivity contribution in [1.29, 1.82) is 0 Å². The van der Waals surface area contributed by atoms with E-state index in [-0.39, 0.29) is 10.8 Å². The molecule has 154 valence electrons. The van der Waals surface area contributed by atoms with Crippen LogP contribution in [0.1, 0.15) is 59.2 Å². The number of carbonyl (C=O) groups excluding carboxylic acids is 1. The molecule has 6 heteroatoms. The minimum absolute atomic E-state index is 0.200. The summed E-state index contributed by atoms with van der Waals surface area (Å²) in [6.07, 6.45) is 7.32. The SMILES string of the molecule is Cc1ccc(S(=O)(=O)N2CCCCC2)cc1NC(=O)c1ccc2c(c1)CCCC2. The second-order valence-corrected chi connectivity index (χ2v) is 10.0. The zero-order chi connectivity index (χ0) is 20.4. The number of amides is 1. The Bertz CT molecular complexity index is 1020. The molecule has 1 amide bonds. The molecule has 0 spiro atoms. The summed E-state index contributed by atoms with van der Waals surface area (Å²) in [6.45, 7) is 3.00. The molecule has 2 aromatic rings. The first-order valence-electron chi connectivity index (χ1n) is 10.5. The lowest BCUT2D eigenvalue weighted by atomic mass is 9.90. The van der Waals surface area contributed by atoms with Crippen LogP contribution in [0.2, 0.25) is 0 Å². The number of sulfonamides is 1. The number of nitrogens with one attached hydrogen (secondary N) is 1. The van der Waals surface area contributed by atoms with Gasteiger partial charge in [-0.25, -0.2) is 8.42 Å². The minimum Gasteiger partial charge on any atom is -0.322 e. The maximum atomic E-state index is 13.0. The molecule has 0 aromatic heterocycles. The molecule has 0 radical (unpaired) electrons. The van der Waals surface area contributed by atoms with Crippen LogP contribution in [-0.2, 0) is 22.9 Å². The molecule has 1 heterocycles. The normalized spacial score (nSPS) is 17.6. The number of rotatable bonds is 4. The van der Waals surface area contributed by atoms with Gasteiger partial charge in [-0.05, 0) is 86.4 Å². The number of carbonyl (C=O) groups is 1. The maximum Gasteiger partial charge on any atom is 0.255 e. The summed E-state index contributed by atoms with van der Waals surface area (Å²) in [4.78, 5) is 13.1. The van der Waals surface area contributed by atoms with Gasteiger partial charge < -0.3 is 5.32 Å². The van der Waals surface area contributed by atoms with Crippen molar-refractivity contribution in [3.63, 3.8) is 0 Å². The van der Waals surface area contributed by atoms with Gasteiger partial charge in [-0.15, -0.1) is 0 Å². The van der Waals surface area contributed by atoms with E-state index in [4.69, 9.17) is 0 Å². The number of benzene rings is 2. The number of anilines is 1. The second-order valence-electron chi connectivity index (χ2n) is 8.09. The predicted octanol–water partition coefficient (Wildman–Crippen LogP) is 4.30. The number of fused-ring (bicyclic) bond motifs is 1. The molecule has 1 aliphatic heterocycles. The zero-order valence-electron chi connectivity index (χ0n) is 16.9. The Balaban J connectivity index is 1.57. The number of hydrogen-bond acceptors (Lipinski definition) is 3. The Morgan fingerprint density at radius 1 is 0.897 bits per heavy atom. The Morgan fingerprint density at radius 2 is 1.62 bits per heavy atom. The van der Waals surface area contributed by atoms with Crippen LogP contribution >= 0.6 is 0 Å². The smallest absolute Gasteiger partial charge is 0.255 e. The van der Waals surface area contributed by atoms with Crippen LogP contribution in [0.5, 0.6) is 0 Å². The fourth-order valence-corrected chi connectivity index (χ4v) is 5.76. The lowest BCUT2D eigenvalue weighted by Gasteiger charge is -2.26. The lowest BCUT2D eigenvalue weighted by molar-refractivity contribution is 0.102. The monoisotopic (exact) mass is 412 g/mol. The number of aryl methyl sites for hydroxylation is 3. The molecule has 1 aliphatic carbocycles. The van der Waals surface area contributed by atoms with Gasteiger partial charge in [-0.3, -0.25) is 4.79 Å². The topological polar surface area (TPSA) is 66.5 Å². The van der Waals surface area contributed by atoms with Gasteiger partial charge in [0, 0.05) is 24.3 Å². The van der Waals surface area contributed by atoms with E-state index in [9.17, 15) is 13.2 Å². The molecule has 2 aromatic carbocycles. The molecule has 1 fully saturated rings. The highest BCUT2D eigenvalue weighted by Crippen LogP contribution is 2.26. The lowest BCUT2D eigenvalue weighted by Crippen LogP contribution is -2.35. The molecule has 5 nitrogen and oxygen atoms in total. The largest absolute Gasteiger partial charge is 0.322 e. The van der Waals surface area contributed by atoms with Gasteiger partial charge in [0.25, 0.3) is 5.91 Å². The summed E-state index contributed by atoms with van der Waals surface area (Å²) in [5.41, 5.74) is 4.59. The number of nitrogens with zero attached hydrogens (tertiary/aromatic N) is 1. The van der Waals surface area contributed by atoms with Gasteiger partial charge >= 0.3 is 0 Å². The van der Waals surface area contributed by atoms with Gasteiger partial charge in [0.15, 0.2) is 0 Å². The van der Waals surface area contributed by atoms with Crippen LogP contribution in [0.4, 0.5) is 5.69 Å². The van der Waals surface area contributed by atoms with Gasteiger partial charge in [-0.2, -0.15) is 4.31 Å². The van der Waals surface area contributed by atoms with Crippen molar-refractivity contribution >= 4 is 21.6 Å². The fraction of sp³-hybridized carbons (Fsp3) is 0.435. The molecular weight excluding hydrogens is 384 g/mol. The Hall–Kier alpha value is -2.18. The third kappa shape index (κ3) is 4.23. The first-order chi connectivity index (χ1) is 13.9. The van der Waals surface area contributed by atoms with Crippen LogP contribution in [0.3, 0.4) is 0 Å². The highest BCUT2D eigenvalue weighted by atomic mass is 32.2. The third-order valence-electron chi connectivity index (χ3n) is 6.02. The van der Waals surface area contributed by atoms with Crippen LogP contribution in [0.15, 0.2) is 41.3 Å². The van der Waals surface area contributed by atoms with Crippen molar-refractivity contribution in [3.8, 4) is 0 Å². The van der Waals surface area contributed by atoms with Gasteiger partial charge in [0.2, 0.25) is 10.0 Å². The van der Waals surface area contributed by atoms with Crippen molar-refractivity contribution in [1.82, 2.24) is 4.31 Å². The van der Waals surface area contributed by atoms with E-state index in [0.717, 1.165) is 44.1 Å². The molecule has 0 atom stereocenters. The van der Waals surface area contributed by atoms with Crippen molar-refractivity contribution in [2.45, 2.75) is 56.8 Å². The van der Waals surface area contributed by atoms with Crippen LogP contribution in [-0.4, -0.2) is 31.7 Å². The van der Waals surface area contributed by atoms with Crippen LogP contribution < -0.4 is 5.32 Å². The zero-order valence-corrected chi connectivity index (χ0v) is 17.7. The highest BCUT2D eigenvalue weighted by Gasteiger charge is 2.26. The molecular formula is C23H28N2O3S. The molecule has 29 heavy (non-hydrogen) atoms. The minimum atomic E-state index is -3.53. The first kappa shape index (κ1) is 20.1. The maximum absolute atomic E-state index is 13.0. The quantitative estimate of drug-likeness (QED) is 0.814. The van der Waals surface area contributed by atoms with E-state index >= 15 is 0 Å². The highest BCUT2D eigenvalue weighted by molar-refractivity contribution is 7.89. The molecule has 1 saturated heterocycles. The Morgan fingerprint density at radius 3 is 2.38 bits per heavy atom. The standard InChI is InChI=1S/C23H28N2O3S/c1-17-9-12-21(29(27,28)25-13-5-2-6-14-25)16-22(17)24-23(26)20-11-10-18-7-3-4-8-19(18)15-20/h9-12,15-16H,2-8,13-14H2,1H3,(H,24,26). The van der Waals surface area contributed by atoms with E-state index in [1.54, 1.807) is 22.5 Å². The van der Waals surface area contributed by atoms with Crippen molar-refractivity contribution in [2.24, 2.45) is 0 Å². The number of hydrogen-bond donors (Lipinski definition) is 1. The summed E-state index contributed by atoms with van der Waals surface area (Å²) >= 11 is 0. The summed E-state index contributed by atoms with van der Waals surface area (Å²) < 4.78 is 27.5. The van der Waals surface area contributed by atoms with E-state index in [0.29, 0.717) is 24.3 Å². The summed E-state index contributed by atoms with van der Waals surface area (Å²) in [6, 6.07) is 10.9. The van der Waals surface area contributed by atoms with Crippen molar-refractivity contribution in [3.05, 3.63) is 58.7 Å². The Kier molecular flexibility index (Phi) is 5.74. The summed E-state index contributed by atoms with van der Waals surface area (Å²) in [5.74, 6) is -0.200. The van der Waals surface area contributed by atoms with Crippen LogP contribution in [0, 0.1) is 6.92 Å². The Labute approximate surface area is 173 Å². The van der Waals surface area contributed by atoms with E-state index in [2.05, 4.69) is 5.32 Å².